The van der Waals surface area contributed by atoms with E-state index in [1.807, 2.05) is 0 Å². The molecule has 1 unspecified atom stereocenters. The summed E-state index contributed by atoms with van der Waals surface area (Å²) in [6.45, 7) is 3.34. The van der Waals surface area contributed by atoms with Gasteiger partial charge in [-0.15, -0.1) is 0 Å². The van der Waals surface area contributed by atoms with Crippen molar-refractivity contribution in [2.45, 2.75) is 38.0 Å². The number of phenolic OH excluding ortho intramolecular Hbond substituents is 1. The lowest BCUT2D eigenvalue weighted by atomic mass is 10.00. The Balaban J connectivity index is 1.72. The van der Waals surface area contributed by atoms with E-state index in [-0.39, 0.29) is 61.4 Å². The number of carboxylic acid groups (broad SMARTS) is 1. The summed E-state index contributed by atoms with van der Waals surface area (Å²) < 4.78 is 64.4. The van der Waals surface area contributed by atoms with Gasteiger partial charge in [0.25, 0.3) is 16.0 Å². The molecule has 41 heavy (non-hydrogen) atoms. The van der Waals surface area contributed by atoms with Crippen molar-refractivity contribution in [2.24, 2.45) is 0 Å². The van der Waals surface area contributed by atoms with Crippen LogP contribution in [0.5, 0.6) is 11.5 Å². The third-order valence-electron chi connectivity index (χ3n) is 7.45. The first-order valence-electron chi connectivity index (χ1n) is 12.6. The second kappa shape index (κ2) is 10.1. The van der Waals surface area contributed by atoms with E-state index in [4.69, 9.17) is 20.5 Å². The molecule has 12 nitrogen and oxygen atoms in total. The molecular weight excluding hydrogens is 590 g/mol. The molecule has 3 aliphatic rings. The van der Waals surface area contributed by atoms with Gasteiger partial charge in [-0.3, -0.25) is 8.98 Å². The van der Waals surface area contributed by atoms with Gasteiger partial charge in [0.1, 0.15) is 34.5 Å². The Morgan fingerprint density at radius 1 is 1.20 bits per heavy atom. The molecule has 0 saturated carbocycles. The van der Waals surface area contributed by atoms with Crippen LogP contribution >= 0.6 is 11.6 Å². The van der Waals surface area contributed by atoms with Crippen LogP contribution in [0.2, 0.25) is 5.02 Å². The van der Waals surface area contributed by atoms with E-state index in [0.717, 1.165) is 23.3 Å². The van der Waals surface area contributed by atoms with Gasteiger partial charge in [-0.05, 0) is 32.4 Å². The number of phenols is 1. The number of pyridine rings is 1. The number of rotatable bonds is 4. The monoisotopic (exact) mass is 616 g/mol. The largest absolute Gasteiger partial charge is 0.504 e. The first-order chi connectivity index (χ1) is 19.1. The van der Waals surface area contributed by atoms with Gasteiger partial charge in [0.15, 0.2) is 17.3 Å². The van der Waals surface area contributed by atoms with Gasteiger partial charge < -0.3 is 29.6 Å². The lowest BCUT2D eigenvalue weighted by Gasteiger charge is -2.39. The Morgan fingerprint density at radius 3 is 2.54 bits per heavy atom. The van der Waals surface area contributed by atoms with Crippen LogP contribution in [0.4, 0.5) is 19.4 Å². The topological polar surface area (TPSA) is 150 Å². The molecule has 2 amide bonds. The van der Waals surface area contributed by atoms with E-state index in [1.54, 1.807) is 18.7 Å². The average Bonchev–Trinajstić information content (AvgIpc) is 3.07. The lowest BCUT2D eigenvalue weighted by Crippen LogP contribution is -2.57. The normalized spacial score (nSPS) is 22.2. The highest BCUT2D eigenvalue weighted by Crippen LogP contribution is 2.48. The molecule has 222 valence electrons. The van der Waals surface area contributed by atoms with Crippen LogP contribution in [0.3, 0.4) is 0 Å². The van der Waals surface area contributed by atoms with E-state index in [9.17, 15) is 32.6 Å². The van der Waals surface area contributed by atoms with Crippen molar-refractivity contribution in [3.05, 3.63) is 34.4 Å². The first kappa shape index (κ1) is 29.1. The van der Waals surface area contributed by atoms with Gasteiger partial charge in [0.2, 0.25) is 0 Å². The molecule has 1 aromatic heterocycles. The summed E-state index contributed by atoms with van der Waals surface area (Å²) >= 11 is 6.65. The summed E-state index contributed by atoms with van der Waals surface area (Å²) in [4.78, 5) is 34.4. The molecule has 5 rings (SSSR count). The Kier molecular flexibility index (Phi) is 7.19. The summed E-state index contributed by atoms with van der Waals surface area (Å²) in [5.41, 5.74) is -2.04. The summed E-state index contributed by atoms with van der Waals surface area (Å²) in [6.07, 6.45) is -0.876. The van der Waals surface area contributed by atoms with E-state index >= 15 is 4.39 Å². The highest BCUT2D eigenvalue weighted by Gasteiger charge is 2.46. The van der Waals surface area contributed by atoms with Crippen LogP contribution in [0.1, 0.15) is 30.6 Å². The number of piperazine rings is 1. The standard InChI is InChI=1S/C25H27ClF2N4O8S/c1-25(2)8-13(40-41(3,37)38)10-32(25)22-17-21(18(26)19(29-22)16-14(27)4-5-15(28)20(16)33)39-11-12-9-30(24(35)36)6-7-31(12)23(17)34/h4-5,12-13,33H,6-11H2,1-3H3,(H,35,36)/t12-,13?/m1/s1. The van der Waals surface area contributed by atoms with Crippen molar-refractivity contribution < 1.29 is 45.9 Å². The fourth-order valence-corrected chi connectivity index (χ4v) is 6.52. The molecular formula is C25H27ClF2N4O8S. The third-order valence-corrected chi connectivity index (χ3v) is 8.42. The van der Waals surface area contributed by atoms with Crippen LogP contribution < -0.4 is 9.64 Å². The van der Waals surface area contributed by atoms with Crippen LogP contribution in [0.15, 0.2) is 12.1 Å². The molecule has 0 aliphatic carbocycles. The minimum absolute atomic E-state index is 0.0406. The number of amides is 2. The molecule has 2 aromatic rings. The highest BCUT2D eigenvalue weighted by molar-refractivity contribution is 7.86. The Morgan fingerprint density at radius 2 is 1.88 bits per heavy atom. The second-order valence-corrected chi connectivity index (χ2v) is 12.8. The van der Waals surface area contributed by atoms with E-state index < -0.39 is 68.4 Å². The van der Waals surface area contributed by atoms with Gasteiger partial charge in [-0.25, -0.2) is 18.6 Å². The quantitative estimate of drug-likeness (QED) is 0.491. The first-order valence-corrected chi connectivity index (χ1v) is 14.8. The Bertz CT molecular complexity index is 1560. The van der Waals surface area contributed by atoms with Crippen molar-refractivity contribution in [1.29, 1.82) is 0 Å². The number of carbonyl (C=O) groups is 2. The number of carbonyl (C=O) groups excluding carboxylic acids is 1. The van der Waals surface area contributed by atoms with Gasteiger partial charge in [-0.2, -0.15) is 8.42 Å². The lowest BCUT2D eigenvalue weighted by molar-refractivity contribution is 0.0390. The number of ether oxygens (including phenoxy) is 1. The van der Waals surface area contributed by atoms with Crippen LogP contribution in [0.25, 0.3) is 11.3 Å². The Hall–Kier alpha value is -3.43. The highest BCUT2D eigenvalue weighted by atomic mass is 35.5. The maximum atomic E-state index is 15.1. The van der Waals surface area contributed by atoms with Crippen molar-refractivity contribution in [3.63, 3.8) is 0 Å². The number of aromatic nitrogens is 1. The number of aromatic hydroxyl groups is 1. The molecule has 2 atom stereocenters. The fourth-order valence-electron chi connectivity index (χ4n) is 5.61. The van der Waals surface area contributed by atoms with Gasteiger partial charge in [0.05, 0.1) is 24.0 Å². The van der Waals surface area contributed by atoms with Gasteiger partial charge >= 0.3 is 6.09 Å². The number of hydrogen-bond acceptors (Lipinski definition) is 9. The maximum Gasteiger partial charge on any atom is 0.407 e. The zero-order chi connectivity index (χ0) is 30.0. The fraction of sp³-hybridized carbons (Fsp3) is 0.480. The van der Waals surface area contributed by atoms with Gasteiger partial charge in [-0.1, -0.05) is 11.6 Å². The summed E-state index contributed by atoms with van der Waals surface area (Å²) in [6, 6.07) is 0.824. The van der Waals surface area contributed by atoms with E-state index in [2.05, 4.69) is 4.98 Å². The van der Waals surface area contributed by atoms with Crippen LogP contribution in [0, 0.1) is 11.6 Å². The molecule has 3 aliphatic heterocycles. The molecule has 1 aromatic carbocycles. The molecule has 0 spiro atoms. The number of nitrogens with zero attached hydrogens (tertiary/aromatic N) is 4. The molecule has 16 heteroatoms. The number of halogens is 3. The number of fused-ring (bicyclic) bond motifs is 2. The maximum absolute atomic E-state index is 15.1. The number of anilines is 1. The van der Waals surface area contributed by atoms with Crippen LogP contribution in [-0.4, -0.2) is 102 Å². The summed E-state index contributed by atoms with van der Waals surface area (Å²) in [5, 5.41) is 19.6. The molecule has 2 saturated heterocycles. The SMILES string of the molecule is CC1(C)CC(OS(C)(=O)=O)CN1c1nc(-c2c(F)ccc(F)c2O)c(Cl)c2c1C(=O)N1CCN(C(=O)O)C[C@@H]1CO2. The predicted molar refractivity (Wildman–Crippen MR) is 142 cm³/mol. The van der Waals surface area contributed by atoms with Crippen molar-refractivity contribution in [2.75, 3.05) is 43.9 Å². The minimum Gasteiger partial charge on any atom is -0.504 e. The van der Waals surface area contributed by atoms with E-state index in [0.29, 0.717) is 0 Å². The molecule has 2 N–H and O–H groups in total. The van der Waals surface area contributed by atoms with E-state index in [1.165, 1.54) is 4.90 Å². The zero-order valence-electron chi connectivity index (χ0n) is 22.2. The van der Waals surface area contributed by atoms with Gasteiger partial charge in [0, 0.05) is 31.7 Å². The van der Waals surface area contributed by atoms with Crippen molar-refractivity contribution >= 4 is 39.5 Å². The molecule has 4 heterocycles. The third kappa shape index (κ3) is 5.21. The molecule has 2 fully saturated rings. The zero-order valence-corrected chi connectivity index (χ0v) is 23.8. The predicted octanol–water partition coefficient (Wildman–Crippen LogP) is 2.92. The number of benzene rings is 1. The molecule has 0 radical (unpaired) electrons. The smallest absolute Gasteiger partial charge is 0.407 e. The van der Waals surface area contributed by atoms with Crippen LogP contribution in [-0.2, 0) is 14.3 Å². The number of hydrogen-bond donors (Lipinski definition) is 2. The van der Waals surface area contributed by atoms with Crippen molar-refractivity contribution in [3.8, 4) is 22.8 Å². The summed E-state index contributed by atoms with van der Waals surface area (Å²) in [7, 11) is -3.84. The minimum atomic E-state index is -3.84. The second-order valence-electron chi connectivity index (χ2n) is 10.8. The molecule has 0 bridgehead atoms. The average molecular weight is 617 g/mol. The summed E-state index contributed by atoms with van der Waals surface area (Å²) in [5.74, 6) is -4.11. The van der Waals surface area contributed by atoms with Crippen molar-refractivity contribution in [1.82, 2.24) is 14.8 Å². The Labute approximate surface area is 239 Å².